The molecule has 0 saturated carbocycles. The number of benzene rings is 2. The number of likely N-dealkylation sites (N-methyl/N-ethyl adjacent to an activating group) is 1. The lowest BCUT2D eigenvalue weighted by Gasteiger charge is -2.30. The lowest BCUT2D eigenvalue weighted by atomic mass is 10.1. The fourth-order valence-corrected chi connectivity index (χ4v) is 3.33. The van der Waals surface area contributed by atoms with Gasteiger partial charge in [0, 0.05) is 31.6 Å². The molecule has 1 aliphatic rings. The average molecular weight is 379 g/mol. The van der Waals surface area contributed by atoms with E-state index in [2.05, 4.69) is 15.0 Å². The maximum absolute atomic E-state index is 12.5. The van der Waals surface area contributed by atoms with Crippen molar-refractivity contribution in [3.05, 3.63) is 68.9 Å². The first-order chi connectivity index (χ1) is 13.5. The van der Waals surface area contributed by atoms with Crippen molar-refractivity contribution in [2.24, 2.45) is 5.10 Å². The number of aromatic amines is 1. The van der Waals surface area contributed by atoms with E-state index in [4.69, 9.17) is 0 Å². The van der Waals surface area contributed by atoms with Crippen LogP contribution in [-0.4, -0.2) is 64.0 Å². The third-order valence-electron chi connectivity index (χ3n) is 4.96. The zero-order valence-corrected chi connectivity index (χ0v) is 15.5. The van der Waals surface area contributed by atoms with Gasteiger partial charge in [0.25, 0.3) is 5.56 Å². The monoisotopic (exact) mass is 379 g/mol. The number of hydrogen-bond acceptors (Lipinski definition) is 6. The maximum Gasteiger partial charge on any atom is 0.335 e. The van der Waals surface area contributed by atoms with Crippen LogP contribution in [0, 0.1) is 0 Å². The van der Waals surface area contributed by atoms with Crippen LogP contribution in [0.3, 0.4) is 0 Å². The van der Waals surface area contributed by atoms with Crippen LogP contribution in [0.25, 0.3) is 16.5 Å². The van der Waals surface area contributed by atoms with Crippen molar-refractivity contribution in [2.75, 3.05) is 33.2 Å². The second-order valence-corrected chi connectivity index (χ2v) is 6.83. The molecule has 3 aromatic rings. The molecule has 144 valence electrons. The zero-order valence-electron chi connectivity index (χ0n) is 15.5. The molecule has 0 atom stereocenters. The third kappa shape index (κ3) is 3.29. The molecule has 1 aromatic heterocycles. The number of aromatic hydroxyl groups is 1. The van der Waals surface area contributed by atoms with E-state index >= 15 is 0 Å². The van der Waals surface area contributed by atoms with Crippen molar-refractivity contribution in [1.82, 2.24) is 19.5 Å². The lowest BCUT2D eigenvalue weighted by Crippen LogP contribution is -2.42. The van der Waals surface area contributed by atoms with E-state index in [0.29, 0.717) is 5.69 Å². The second-order valence-electron chi connectivity index (χ2n) is 6.83. The van der Waals surface area contributed by atoms with Crippen LogP contribution in [0.2, 0.25) is 0 Å². The smallest absolute Gasteiger partial charge is 0.335 e. The first-order valence-corrected chi connectivity index (χ1v) is 9.08. The molecule has 1 fully saturated rings. The molecule has 0 bridgehead atoms. The Morgan fingerprint density at radius 3 is 2.54 bits per heavy atom. The van der Waals surface area contributed by atoms with Gasteiger partial charge in [-0.05, 0) is 18.5 Å². The number of aromatic nitrogens is 2. The van der Waals surface area contributed by atoms with Crippen LogP contribution in [0.15, 0.2) is 57.2 Å². The summed E-state index contributed by atoms with van der Waals surface area (Å²) >= 11 is 0. The lowest BCUT2D eigenvalue weighted by molar-refractivity contribution is 0.159. The second kappa shape index (κ2) is 7.32. The van der Waals surface area contributed by atoms with Gasteiger partial charge < -0.3 is 10.0 Å². The Hall–Kier alpha value is -3.39. The van der Waals surface area contributed by atoms with Crippen LogP contribution in [0.4, 0.5) is 0 Å². The molecule has 8 nitrogen and oxygen atoms in total. The predicted molar refractivity (Wildman–Crippen MR) is 108 cm³/mol. The summed E-state index contributed by atoms with van der Waals surface area (Å²) in [5.41, 5.74) is -0.926. The van der Waals surface area contributed by atoms with Crippen molar-refractivity contribution < 1.29 is 5.11 Å². The highest BCUT2D eigenvalue weighted by molar-refractivity contribution is 5.91. The van der Waals surface area contributed by atoms with Gasteiger partial charge in [0.15, 0.2) is 0 Å². The Labute approximate surface area is 161 Å². The van der Waals surface area contributed by atoms with Gasteiger partial charge in [-0.15, -0.1) is 0 Å². The van der Waals surface area contributed by atoms with Gasteiger partial charge in [-0.2, -0.15) is 5.10 Å². The molecule has 0 aliphatic carbocycles. The molecule has 2 N–H and O–H groups in total. The summed E-state index contributed by atoms with van der Waals surface area (Å²) in [7, 11) is 2.04. The standard InChI is InChI=1S/C20H21N5O3/c1-23-9-11-24(12-10-23)21-13-16-18(26)22-20(28)25(19(16)27)17-8-4-6-14-5-2-3-7-15(14)17/h2-8,13,27H,9-12H2,1H3,(H,22,26,28)/b21-13+. The highest BCUT2D eigenvalue weighted by Gasteiger charge is 2.17. The summed E-state index contributed by atoms with van der Waals surface area (Å²) in [5.74, 6) is -0.428. The molecule has 0 amide bonds. The minimum absolute atomic E-state index is 0.0496. The summed E-state index contributed by atoms with van der Waals surface area (Å²) in [5, 5.41) is 18.6. The number of piperazine rings is 1. The SMILES string of the molecule is CN1CCN(/N=C/c2c(O)n(-c3cccc4ccccc34)c(=O)[nH]c2=O)CC1. The molecule has 28 heavy (non-hydrogen) atoms. The summed E-state index contributed by atoms with van der Waals surface area (Å²) in [6.45, 7) is 3.20. The summed E-state index contributed by atoms with van der Waals surface area (Å²) < 4.78 is 1.11. The van der Waals surface area contributed by atoms with Crippen molar-refractivity contribution in [1.29, 1.82) is 0 Å². The van der Waals surface area contributed by atoms with Gasteiger partial charge >= 0.3 is 5.69 Å². The predicted octanol–water partition coefficient (Wildman–Crippen LogP) is 0.966. The molecular weight excluding hydrogens is 358 g/mol. The molecule has 1 aliphatic heterocycles. The van der Waals surface area contributed by atoms with Crippen molar-refractivity contribution in [3.8, 4) is 11.6 Å². The molecular formula is C20H21N5O3. The first-order valence-electron chi connectivity index (χ1n) is 9.08. The molecule has 0 unspecified atom stereocenters. The van der Waals surface area contributed by atoms with Crippen molar-refractivity contribution in [3.63, 3.8) is 0 Å². The summed E-state index contributed by atoms with van der Waals surface area (Å²) in [6.07, 6.45) is 1.32. The molecule has 0 radical (unpaired) electrons. The average Bonchev–Trinajstić information content (AvgIpc) is 2.69. The largest absolute Gasteiger partial charge is 0.493 e. The molecule has 0 spiro atoms. The number of rotatable bonds is 3. The minimum atomic E-state index is -0.699. The number of fused-ring (bicyclic) bond motifs is 1. The van der Waals surface area contributed by atoms with Gasteiger partial charge in [-0.1, -0.05) is 36.4 Å². The van der Waals surface area contributed by atoms with Crippen LogP contribution in [0.1, 0.15) is 5.56 Å². The zero-order chi connectivity index (χ0) is 19.7. The fraction of sp³-hybridized carbons (Fsp3) is 0.250. The molecule has 1 saturated heterocycles. The fourth-order valence-electron chi connectivity index (χ4n) is 3.33. The minimum Gasteiger partial charge on any atom is -0.493 e. The van der Waals surface area contributed by atoms with Gasteiger partial charge in [0.1, 0.15) is 5.56 Å². The molecule has 4 rings (SSSR count). The topological polar surface area (TPSA) is 93.9 Å². The Balaban J connectivity index is 1.80. The van der Waals surface area contributed by atoms with E-state index in [1.165, 1.54) is 6.21 Å². The van der Waals surface area contributed by atoms with E-state index in [9.17, 15) is 14.7 Å². The van der Waals surface area contributed by atoms with E-state index in [1.54, 1.807) is 12.1 Å². The molecule has 2 aromatic carbocycles. The van der Waals surface area contributed by atoms with Crippen LogP contribution >= 0.6 is 0 Å². The van der Waals surface area contributed by atoms with Crippen molar-refractivity contribution >= 4 is 17.0 Å². The molecule has 2 heterocycles. The van der Waals surface area contributed by atoms with E-state index < -0.39 is 17.1 Å². The molecule has 8 heteroatoms. The maximum atomic E-state index is 12.5. The Kier molecular flexibility index (Phi) is 4.70. The van der Waals surface area contributed by atoms with E-state index in [-0.39, 0.29) is 5.56 Å². The van der Waals surface area contributed by atoms with Gasteiger partial charge in [-0.25, -0.2) is 9.36 Å². The number of hydrogen-bond donors (Lipinski definition) is 2. The number of nitrogens with zero attached hydrogens (tertiary/aromatic N) is 4. The number of hydrazone groups is 1. The number of H-pyrrole nitrogens is 1. The van der Waals surface area contributed by atoms with Crippen molar-refractivity contribution in [2.45, 2.75) is 0 Å². The van der Waals surface area contributed by atoms with Crippen LogP contribution < -0.4 is 11.2 Å². The van der Waals surface area contributed by atoms with Gasteiger partial charge in [-0.3, -0.25) is 14.8 Å². The third-order valence-corrected chi connectivity index (χ3v) is 4.96. The first kappa shape index (κ1) is 18.0. The summed E-state index contributed by atoms with van der Waals surface area (Å²) in [6, 6.07) is 13.0. The number of nitrogens with one attached hydrogen (secondary N) is 1. The van der Waals surface area contributed by atoms with E-state index in [1.807, 2.05) is 42.4 Å². The van der Waals surface area contributed by atoms with Gasteiger partial charge in [0.05, 0.1) is 11.9 Å². The highest BCUT2D eigenvalue weighted by Crippen LogP contribution is 2.24. The Morgan fingerprint density at radius 2 is 1.75 bits per heavy atom. The summed E-state index contributed by atoms with van der Waals surface area (Å²) in [4.78, 5) is 29.2. The highest BCUT2D eigenvalue weighted by atomic mass is 16.3. The van der Waals surface area contributed by atoms with E-state index in [0.717, 1.165) is 41.5 Å². The van der Waals surface area contributed by atoms with Crippen LogP contribution in [0.5, 0.6) is 5.88 Å². The normalized spacial score (nSPS) is 15.5. The van der Waals surface area contributed by atoms with Crippen LogP contribution in [-0.2, 0) is 0 Å². The quantitative estimate of drug-likeness (QED) is 0.662. The Morgan fingerprint density at radius 1 is 1.04 bits per heavy atom. The van der Waals surface area contributed by atoms with Gasteiger partial charge in [0.2, 0.25) is 5.88 Å². The Bertz CT molecular complexity index is 1150.